The Morgan fingerprint density at radius 3 is 2.87 bits per heavy atom. The molecule has 1 atom stereocenters. The van der Waals surface area contributed by atoms with E-state index in [4.69, 9.17) is 0 Å². The van der Waals surface area contributed by atoms with Crippen LogP contribution in [0.25, 0.3) is 0 Å². The van der Waals surface area contributed by atoms with Gasteiger partial charge in [0.25, 0.3) is 0 Å². The van der Waals surface area contributed by atoms with E-state index in [2.05, 4.69) is 41.3 Å². The molecule has 0 bridgehead atoms. The monoisotopic (exact) mass is 219 g/mol. The molecule has 1 fully saturated rings. The highest BCUT2D eigenvalue weighted by molar-refractivity contribution is 7.98. The maximum Gasteiger partial charge on any atom is 0.0417 e. The van der Waals surface area contributed by atoms with Gasteiger partial charge in [0.05, 0.1) is 0 Å². The fraction of sp³-hybridized carbons (Fsp3) is 0.538. The molecule has 1 aromatic rings. The highest BCUT2D eigenvalue weighted by Crippen LogP contribution is 2.33. The Hall–Kier alpha value is -0.470. The number of thioether (sulfide) groups is 1. The molecule has 15 heavy (non-hydrogen) atoms. The quantitative estimate of drug-likeness (QED) is 0.820. The summed E-state index contributed by atoms with van der Waals surface area (Å²) in [6, 6.07) is 10.3. The van der Waals surface area contributed by atoms with E-state index in [9.17, 15) is 0 Å². The summed E-state index contributed by atoms with van der Waals surface area (Å²) in [6.07, 6.45) is 4.17. The fourth-order valence-electron chi connectivity index (χ4n) is 2.38. The highest BCUT2D eigenvalue weighted by atomic mass is 32.2. The van der Waals surface area contributed by atoms with Crippen LogP contribution in [-0.4, -0.2) is 11.8 Å². The zero-order valence-corrected chi connectivity index (χ0v) is 9.72. The lowest BCUT2D eigenvalue weighted by atomic mass is 9.91. The first-order valence-electron chi connectivity index (χ1n) is 5.85. The second kappa shape index (κ2) is 4.18. The lowest BCUT2D eigenvalue weighted by Crippen LogP contribution is -2.39. The Kier molecular flexibility index (Phi) is 2.72. The number of hydrogen-bond donors (Lipinski definition) is 1. The third-order valence-corrected chi connectivity index (χ3v) is 4.60. The first-order chi connectivity index (χ1) is 7.43. The van der Waals surface area contributed by atoms with Crippen molar-refractivity contribution in [3.8, 4) is 0 Å². The number of rotatable bonds is 2. The molecule has 0 spiro atoms. The molecule has 1 aliphatic carbocycles. The summed E-state index contributed by atoms with van der Waals surface area (Å²) in [6.45, 7) is 0. The second-order valence-electron chi connectivity index (χ2n) is 4.56. The van der Waals surface area contributed by atoms with E-state index in [1.807, 2.05) is 0 Å². The van der Waals surface area contributed by atoms with E-state index in [0.29, 0.717) is 6.04 Å². The van der Waals surface area contributed by atoms with Gasteiger partial charge >= 0.3 is 0 Å². The molecule has 1 N–H and O–H groups in total. The van der Waals surface area contributed by atoms with E-state index < -0.39 is 0 Å². The van der Waals surface area contributed by atoms with Gasteiger partial charge in [0.15, 0.2) is 0 Å². The highest BCUT2D eigenvalue weighted by Gasteiger charge is 2.25. The lowest BCUT2D eigenvalue weighted by molar-refractivity contribution is 0.314. The van der Waals surface area contributed by atoms with Crippen LogP contribution in [0.1, 0.15) is 36.4 Å². The van der Waals surface area contributed by atoms with Crippen LogP contribution in [0, 0.1) is 0 Å². The van der Waals surface area contributed by atoms with Gasteiger partial charge in [-0.2, -0.15) is 11.8 Å². The summed E-state index contributed by atoms with van der Waals surface area (Å²) in [7, 11) is 0. The average molecular weight is 219 g/mol. The maximum atomic E-state index is 3.79. The number of benzene rings is 1. The molecular formula is C13H17NS. The van der Waals surface area contributed by atoms with Crippen molar-refractivity contribution in [1.29, 1.82) is 0 Å². The Morgan fingerprint density at radius 2 is 2.07 bits per heavy atom. The van der Waals surface area contributed by atoms with Crippen LogP contribution in [0.4, 0.5) is 0 Å². The Labute approximate surface area is 95.6 Å². The molecule has 1 aliphatic heterocycles. The van der Waals surface area contributed by atoms with Crippen LogP contribution >= 0.6 is 11.8 Å². The van der Waals surface area contributed by atoms with Crippen LogP contribution in [0.5, 0.6) is 0 Å². The molecule has 1 heterocycles. The SMILES string of the molecule is c1ccc2c(c1)CSCC2NC1CCC1. The predicted molar refractivity (Wildman–Crippen MR) is 66.1 cm³/mol. The average Bonchev–Trinajstić information content (AvgIpc) is 2.23. The lowest BCUT2D eigenvalue weighted by Gasteiger charge is -2.34. The molecule has 2 aliphatic rings. The number of fused-ring (bicyclic) bond motifs is 1. The van der Waals surface area contributed by atoms with Gasteiger partial charge in [-0.15, -0.1) is 0 Å². The van der Waals surface area contributed by atoms with Gasteiger partial charge in [0.1, 0.15) is 0 Å². The number of nitrogens with one attached hydrogen (secondary N) is 1. The molecule has 3 rings (SSSR count). The molecule has 1 nitrogen and oxygen atoms in total. The Bertz CT molecular complexity index is 346. The first-order valence-corrected chi connectivity index (χ1v) is 7.00. The van der Waals surface area contributed by atoms with Gasteiger partial charge in [0.2, 0.25) is 0 Å². The van der Waals surface area contributed by atoms with Crippen LogP contribution in [0.3, 0.4) is 0 Å². The third kappa shape index (κ3) is 1.93. The minimum atomic E-state index is 0.602. The molecule has 80 valence electrons. The van der Waals surface area contributed by atoms with Crippen molar-refractivity contribution >= 4 is 11.8 Å². The smallest absolute Gasteiger partial charge is 0.0417 e. The minimum absolute atomic E-state index is 0.602. The Balaban J connectivity index is 1.79. The summed E-state index contributed by atoms with van der Waals surface area (Å²) in [5.41, 5.74) is 3.08. The van der Waals surface area contributed by atoms with E-state index >= 15 is 0 Å². The van der Waals surface area contributed by atoms with E-state index in [0.717, 1.165) is 6.04 Å². The van der Waals surface area contributed by atoms with Gasteiger partial charge in [-0.05, 0) is 24.0 Å². The largest absolute Gasteiger partial charge is 0.306 e. The van der Waals surface area contributed by atoms with Crippen molar-refractivity contribution in [2.45, 2.75) is 37.1 Å². The molecule has 0 saturated heterocycles. The third-order valence-electron chi connectivity index (χ3n) is 3.51. The summed E-state index contributed by atoms with van der Waals surface area (Å²) in [5, 5.41) is 3.79. The second-order valence-corrected chi connectivity index (χ2v) is 5.59. The number of hydrogen-bond acceptors (Lipinski definition) is 2. The molecule has 2 heteroatoms. The van der Waals surface area contributed by atoms with E-state index in [1.54, 1.807) is 5.56 Å². The Morgan fingerprint density at radius 1 is 1.20 bits per heavy atom. The van der Waals surface area contributed by atoms with Crippen molar-refractivity contribution in [2.75, 3.05) is 5.75 Å². The van der Waals surface area contributed by atoms with Crippen molar-refractivity contribution in [1.82, 2.24) is 5.32 Å². The van der Waals surface area contributed by atoms with Gasteiger partial charge in [-0.3, -0.25) is 0 Å². The topological polar surface area (TPSA) is 12.0 Å². The molecule has 1 unspecified atom stereocenters. The molecule has 1 aromatic carbocycles. The van der Waals surface area contributed by atoms with Gasteiger partial charge in [0, 0.05) is 23.6 Å². The molecule has 0 radical (unpaired) electrons. The summed E-state index contributed by atoms with van der Waals surface area (Å²) < 4.78 is 0. The van der Waals surface area contributed by atoms with Crippen molar-refractivity contribution < 1.29 is 0 Å². The zero-order chi connectivity index (χ0) is 10.1. The minimum Gasteiger partial charge on any atom is -0.306 e. The predicted octanol–water partition coefficient (Wildman–Crippen LogP) is 3.12. The van der Waals surface area contributed by atoms with Crippen LogP contribution < -0.4 is 5.32 Å². The van der Waals surface area contributed by atoms with Crippen LogP contribution in [-0.2, 0) is 5.75 Å². The molecule has 0 aromatic heterocycles. The molecule has 1 saturated carbocycles. The molecular weight excluding hydrogens is 202 g/mol. The van der Waals surface area contributed by atoms with Crippen LogP contribution in [0.2, 0.25) is 0 Å². The van der Waals surface area contributed by atoms with Crippen molar-refractivity contribution in [3.05, 3.63) is 35.4 Å². The summed E-state index contributed by atoms with van der Waals surface area (Å²) in [4.78, 5) is 0. The summed E-state index contributed by atoms with van der Waals surface area (Å²) in [5.74, 6) is 2.44. The zero-order valence-electron chi connectivity index (χ0n) is 8.91. The van der Waals surface area contributed by atoms with Crippen molar-refractivity contribution in [2.24, 2.45) is 0 Å². The standard InChI is InChI=1S/C13H17NS/c1-2-7-12-10(4-1)8-15-9-13(12)14-11-5-3-6-11/h1-2,4,7,11,13-14H,3,5-6,8-9H2. The van der Waals surface area contributed by atoms with Crippen molar-refractivity contribution in [3.63, 3.8) is 0 Å². The fourth-order valence-corrected chi connectivity index (χ4v) is 3.49. The first kappa shape index (κ1) is 9.73. The normalized spacial score (nSPS) is 25.7. The molecule has 0 amide bonds. The maximum absolute atomic E-state index is 3.79. The van der Waals surface area contributed by atoms with Gasteiger partial charge < -0.3 is 5.32 Å². The van der Waals surface area contributed by atoms with Gasteiger partial charge in [-0.25, -0.2) is 0 Å². The van der Waals surface area contributed by atoms with Gasteiger partial charge in [-0.1, -0.05) is 30.7 Å². The van der Waals surface area contributed by atoms with Crippen LogP contribution in [0.15, 0.2) is 24.3 Å². The van der Waals surface area contributed by atoms with E-state index in [-0.39, 0.29) is 0 Å². The summed E-state index contributed by atoms with van der Waals surface area (Å²) >= 11 is 2.06. The van der Waals surface area contributed by atoms with E-state index in [1.165, 1.54) is 36.3 Å².